The first-order valence-electron chi connectivity index (χ1n) is 5.31. The van der Waals surface area contributed by atoms with Crippen molar-refractivity contribution in [3.8, 4) is 0 Å². The predicted molar refractivity (Wildman–Crippen MR) is 58.7 cm³/mol. The lowest BCUT2D eigenvalue weighted by Crippen LogP contribution is -2.45. The predicted octanol–water partition coefficient (Wildman–Crippen LogP) is 2.30. The van der Waals surface area contributed by atoms with Crippen LogP contribution in [0.1, 0.15) is 13.3 Å². The molecule has 1 fully saturated rings. The molecule has 1 aromatic rings. The van der Waals surface area contributed by atoms with Crippen LogP contribution in [0.5, 0.6) is 0 Å². The van der Waals surface area contributed by atoms with Crippen LogP contribution in [0, 0.1) is 0 Å². The average Bonchev–Trinajstić information content (AvgIpc) is 2.30. The molecule has 0 radical (unpaired) electrons. The molecule has 0 aliphatic carbocycles. The van der Waals surface area contributed by atoms with Gasteiger partial charge in [0.1, 0.15) is 0 Å². The van der Waals surface area contributed by atoms with E-state index in [4.69, 9.17) is 4.74 Å². The molecule has 76 valence electrons. The number of nitrogens with zero attached hydrogens (tertiary/aromatic N) is 1. The van der Waals surface area contributed by atoms with Gasteiger partial charge in [-0.25, -0.2) is 0 Å². The van der Waals surface area contributed by atoms with Crippen LogP contribution in [0.15, 0.2) is 30.3 Å². The Bertz CT molecular complexity index is 273. The molecule has 0 aromatic heterocycles. The molecule has 1 aliphatic heterocycles. The first kappa shape index (κ1) is 9.53. The lowest BCUT2D eigenvalue weighted by atomic mass is 10.1. The Kier molecular flexibility index (Phi) is 3.04. The van der Waals surface area contributed by atoms with Crippen LogP contribution < -0.4 is 4.90 Å². The van der Waals surface area contributed by atoms with Crippen molar-refractivity contribution >= 4 is 5.69 Å². The molecule has 2 rings (SSSR count). The summed E-state index contributed by atoms with van der Waals surface area (Å²) in [6.45, 7) is 4.95. The topological polar surface area (TPSA) is 12.5 Å². The third-order valence-electron chi connectivity index (χ3n) is 2.79. The highest BCUT2D eigenvalue weighted by molar-refractivity contribution is 5.47. The number of hydrogen-bond acceptors (Lipinski definition) is 2. The second kappa shape index (κ2) is 4.47. The Balaban J connectivity index is 2.15. The molecule has 2 heteroatoms. The fourth-order valence-electron chi connectivity index (χ4n) is 1.95. The average molecular weight is 191 g/mol. The minimum absolute atomic E-state index is 0.547. The molecular formula is C12H17NO. The molecule has 1 saturated heterocycles. The molecular weight excluding hydrogens is 174 g/mol. The maximum absolute atomic E-state index is 5.48. The van der Waals surface area contributed by atoms with Crippen molar-refractivity contribution in [3.05, 3.63) is 30.3 Å². The Labute approximate surface area is 85.5 Å². The summed E-state index contributed by atoms with van der Waals surface area (Å²) in [6, 6.07) is 11.1. The van der Waals surface area contributed by atoms with E-state index in [9.17, 15) is 0 Å². The van der Waals surface area contributed by atoms with Crippen LogP contribution in [0.25, 0.3) is 0 Å². The van der Waals surface area contributed by atoms with Crippen LogP contribution in [0.2, 0.25) is 0 Å². The Morgan fingerprint density at radius 3 is 2.86 bits per heavy atom. The number of anilines is 1. The Morgan fingerprint density at radius 2 is 2.14 bits per heavy atom. The molecule has 1 unspecified atom stereocenters. The molecule has 1 aliphatic rings. The van der Waals surface area contributed by atoms with Gasteiger partial charge in [-0.3, -0.25) is 0 Å². The molecule has 0 spiro atoms. The van der Waals surface area contributed by atoms with E-state index in [0.29, 0.717) is 6.04 Å². The third kappa shape index (κ3) is 1.90. The summed E-state index contributed by atoms with van der Waals surface area (Å²) in [4.78, 5) is 2.45. The Hall–Kier alpha value is -1.02. The van der Waals surface area contributed by atoms with E-state index in [1.54, 1.807) is 0 Å². The van der Waals surface area contributed by atoms with Crippen molar-refractivity contribution in [2.75, 3.05) is 24.7 Å². The highest BCUT2D eigenvalue weighted by Crippen LogP contribution is 2.20. The van der Waals surface area contributed by atoms with Gasteiger partial charge in [0.05, 0.1) is 19.3 Å². The van der Waals surface area contributed by atoms with Crippen molar-refractivity contribution in [3.63, 3.8) is 0 Å². The molecule has 14 heavy (non-hydrogen) atoms. The number of ether oxygens (including phenoxy) is 1. The van der Waals surface area contributed by atoms with E-state index < -0.39 is 0 Å². The van der Waals surface area contributed by atoms with Crippen molar-refractivity contribution < 1.29 is 4.74 Å². The van der Waals surface area contributed by atoms with Crippen molar-refractivity contribution in [2.24, 2.45) is 0 Å². The van der Waals surface area contributed by atoms with Crippen LogP contribution in [-0.2, 0) is 4.74 Å². The zero-order valence-corrected chi connectivity index (χ0v) is 8.65. The van der Waals surface area contributed by atoms with Gasteiger partial charge in [-0.05, 0) is 18.6 Å². The van der Waals surface area contributed by atoms with Crippen molar-refractivity contribution in [1.82, 2.24) is 0 Å². The summed E-state index contributed by atoms with van der Waals surface area (Å²) in [5.74, 6) is 0. The molecule has 0 saturated carbocycles. The van der Waals surface area contributed by atoms with Gasteiger partial charge in [0.2, 0.25) is 0 Å². The summed E-state index contributed by atoms with van der Waals surface area (Å²) in [5.41, 5.74) is 1.32. The molecule has 2 nitrogen and oxygen atoms in total. The van der Waals surface area contributed by atoms with Gasteiger partial charge in [0.15, 0.2) is 0 Å². The van der Waals surface area contributed by atoms with E-state index in [2.05, 4.69) is 42.2 Å². The fourth-order valence-corrected chi connectivity index (χ4v) is 1.95. The van der Waals surface area contributed by atoms with Gasteiger partial charge in [-0.1, -0.05) is 25.1 Å². The van der Waals surface area contributed by atoms with Gasteiger partial charge in [0, 0.05) is 12.2 Å². The minimum atomic E-state index is 0.547. The zero-order valence-electron chi connectivity index (χ0n) is 8.65. The number of rotatable bonds is 2. The summed E-state index contributed by atoms with van der Waals surface area (Å²) < 4.78 is 5.48. The van der Waals surface area contributed by atoms with Crippen molar-refractivity contribution in [2.45, 2.75) is 19.4 Å². The SMILES string of the molecule is CCC1COCCN1c1ccccc1. The maximum Gasteiger partial charge on any atom is 0.0670 e. The smallest absolute Gasteiger partial charge is 0.0670 e. The molecule has 0 bridgehead atoms. The van der Waals surface area contributed by atoms with Crippen LogP contribution in [0.3, 0.4) is 0 Å². The van der Waals surface area contributed by atoms with Crippen LogP contribution >= 0.6 is 0 Å². The molecule has 0 N–H and O–H groups in total. The summed E-state index contributed by atoms with van der Waals surface area (Å²) >= 11 is 0. The van der Waals surface area contributed by atoms with E-state index in [1.165, 1.54) is 5.69 Å². The number of benzene rings is 1. The van der Waals surface area contributed by atoms with Gasteiger partial charge in [-0.15, -0.1) is 0 Å². The van der Waals surface area contributed by atoms with Gasteiger partial charge < -0.3 is 9.64 Å². The highest BCUT2D eigenvalue weighted by atomic mass is 16.5. The lowest BCUT2D eigenvalue weighted by Gasteiger charge is -2.36. The summed E-state index contributed by atoms with van der Waals surface area (Å²) in [5, 5.41) is 0. The molecule has 1 heterocycles. The minimum Gasteiger partial charge on any atom is -0.377 e. The highest BCUT2D eigenvalue weighted by Gasteiger charge is 2.20. The molecule has 1 aromatic carbocycles. The lowest BCUT2D eigenvalue weighted by molar-refractivity contribution is 0.0930. The molecule has 0 amide bonds. The maximum atomic E-state index is 5.48. The van der Waals surface area contributed by atoms with E-state index >= 15 is 0 Å². The normalized spacial score (nSPS) is 22.4. The quantitative estimate of drug-likeness (QED) is 0.711. The first-order chi connectivity index (χ1) is 6.92. The second-order valence-electron chi connectivity index (χ2n) is 3.67. The summed E-state index contributed by atoms with van der Waals surface area (Å²) in [7, 11) is 0. The van der Waals surface area contributed by atoms with Gasteiger partial charge in [-0.2, -0.15) is 0 Å². The van der Waals surface area contributed by atoms with E-state index in [0.717, 1.165) is 26.2 Å². The zero-order chi connectivity index (χ0) is 9.80. The fraction of sp³-hybridized carbons (Fsp3) is 0.500. The van der Waals surface area contributed by atoms with Gasteiger partial charge >= 0.3 is 0 Å². The summed E-state index contributed by atoms with van der Waals surface area (Å²) in [6.07, 6.45) is 1.15. The van der Waals surface area contributed by atoms with Crippen LogP contribution in [0.4, 0.5) is 5.69 Å². The van der Waals surface area contributed by atoms with Gasteiger partial charge in [0.25, 0.3) is 0 Å². The number of hydrogen-bond donors (Lipinski definition) is 0. The van der Waals surface area contributed by atoms with Crippen molar-refractivity contribution in [1.29, 1.82) is 0 Å². The largest absolute Gasteiger partial charge is 0.377 e. The van der Waals surface area contributed by atoms with E-state index in [1.807, 2.05) is 0 Å². The second-order valence-corrected chi connectivity index (χ2v) is 3.67. The first-order valence-corrected chi connectivity index (χ1v) is 5.31. The number of morpholine rings is 1. The number of para-hydroxylation sites is 1. The Morgan fingerprint density at radius 1 is 1.36 bits per heavy atom. The standard InChI is InChI=1S/C12H17NO/c1-2-11-10-14-9-8-13(11)12-6-4-3-5-7-12/h3-7,11H,2,8-10H2,1H3. The molecule has 1 atom stereocenters. The van der Waals surface area contributed by atoms with Crippen LogP contribution in [-0.4, -0.2) is 25.8 Å². The monoisotopic (exact) mass is 191 g/mol. The third-order valence-corrected chi connectivity index (χ3v) is 2.79. The van der Waals surface area contributed by atoms with E-state index in [-0.39, 0.29) is 0 Å².